The molecule has 2 saturated heterocycles. The lowest BCUT2D eigenvalue weighted by Gasteiger charge is -2.16. The number of hydrogen-bond acceptors (Lipinski definition) is 5. The van der Waals surface area contributed by atoms with Crippen LogP contribution >= 0.6 is 11.6 Å². The number of anilines is 1. The molecule has 1 aromatic carbocycles. The summed E-state index contributed by atoms with van der Waals surface area (Å²) >= 11 is 5.62. The van der Waals surface area contributed by atoms with E-state index in [0.29, 0.717) is 5.01 Å². The quantitative estimate of drug-likeness (QED) is 0.465. The maximum Gasteiger partial charge on any atom is 0.328 e. The Morgan fingerprint density at radius 3 is 2.12 bits per heavy atom. The second-order valence-corrected chi connectivity index (χ2v) is 5.07. The van der Waals surface area contributed by atoms with Crippen molar-refractivity contribution in [3.8, 4) is 0 Å². The lowest BCUT2D eigenvalue weighted by Crippen LogP contribution is -2.52. The lowest BCUT2D eigenvalue weighted by molar-refractivity contribution is -0.126. The zero-order valence-corrected chi connectivity index (χ0v) is 12.2. The van der Waals surface area contributed by atoms with Crippen molar-refractivity contribution in [2.75, 3.05) is 5.01 Å². The van der Waals surface area contributed by atoms with E-state index in [4.69, 9.17) is 11.6 Å². The third-order valence-corrected chi connectivity index (χ3v) is 3.47. The van der Waals surface area contributed by atoms with Gasteiger partial charge in [0, 0.05) is 0 Å². The first-order valence-corrected chi connectivity index (χ1v) is 6.69. The number of barbiturate groups is 1. The summed E-state index contributed by atoms with van der Waals surface area (Å²) in [5.41, 5.74) is 0.594. The number of nitrogens with zero attached hydrogens (tertiary/aromatic N) is 1. The van der Waals surface area contributed by atoms with Gasteiger partial charge in [-0.05, 0) is 18.2 Å². The molecule has 1 aromatic rings. The van der Waals surface area contributed by atoms with E-state index in [0.717, 1.165) is 18.2 Å². The van der Waals surface area contributed by atoms with Crippen molar-refractivity contribution in [1.82, 2.24) is 16.1 Å². The van der Waals surface area contributed by atoms with Crippen molar-refractivity contribution >= 4 is 46.9 Å². The maximum atomic E-state index is 13.2. The molecule has 24 heavy (non-hydrogen) atoms. The van der Waals surface area contributed by atoms with Crippen molar-refractivity contribution < 1.29 is 28.4 Å². The summed E-state index contributed by atoms with van der Waals surface area (Å²) < 4.78 is 13.2. The van der Waals surface area contributed by atoms with Crippen LogP contribution in [0.1, 0.15) is 0 Å². The van der Waals surface area contributed by atoms with Crippen LogP contribution in [-0.4, -0.2) is 29.7 Å². The summed E-state index contributed by atoms with van der Waals surface area (Å²) in [6.45, 7) is 0. The first kappa shape index (κ1) is 15.6. The van der Waals surface area contributed by atoms with Crippen LogP contribution in [0.25, 0.3) is 0 Å². The van der Waals surface area contributed by atoms with Crippen LogP contribution in [0, 0.1) is 5.82 Å². The Bertz CT molecular complexity index is 859. The SMILES string of the molecule is O=C1NC(=O)C(=C2C(=O)NN(c3ccc(F)c(Cl)c3)C2=O)C(=O)N1. The highest BCUT2D eigenvalue weighted by molar-refractivity contribution is 6.40. The molecular formula is C13H6ClFN4O5. The molecule has 2 aliphatic rings. The van der Waals surface area contributed by atoms with E-state index in [1.165, 1.54) is 0 Å². The number of imide groups is 2. The zero-order valence-electron chi connectivity index (χ0n) is 11.5. The number of benzene rings is 1. The zero-order chi connectivity index (χ0) is 17.6. The van der Waals surface area contributed by atoms with E-state index >= 15 is 0 Å². The number of carbonyl (C=O) groups excluding carboxylic acids is 5. The van der Waals surface area contributed by atoms with Crippen molar-refractivity contribution in [3.05, 3.63) is 40.2 Å². The van der Waals surface area contributed by atoms with Gasteiger partial charge in [0.1, 0.15) is 17.0 Å². The average molecular weight is 353 g/mol. The number of carbonyl (C=O) groups is 5. The fraction of sp³-hybridized carbons (Fsp3) is 0. The second kappa shape index (κ2) is 5.42. The summed E-state index contributed by atoms with van der Waals surface area (Å²) in [6, 6.07) is 2.15. The summed E-state index contributed by atoms with van der Waals surface area (Å²) in [6.07, 6.45) is 0. The molecule has 0 atom stereocenters. The van der Waals surface area contributed by atoms with Crippen LogP contribution in [0.3, 0.4) is 0 Å². The first-order chi connectivity index (χ1) is 11.3. The van der Waals surface area contributed by atoms with Crippen LogP contribution in [0.4, 0.5) is 14.9 Å². The Morgan fingerprint density at radius 1 is 0.917 bits per heavy atom. The van der Waals surface area contributed by atoms with Gasteiger partial charge in [-0.1, -0.05) is 11.6 Å². The molecule has 0 aromatic heterocycles. The van der Waals surface area contributed by atoms with Crippen LogP contribution in [0.5, 0.6) is 0 Å². The van der Waals surface area contributed by atoms with Crippen molar-refractivity contribution in [2.45, 2.75) is 0 Å². The second-order valence-electron chi connectivity index (χ2n) is 4.67. The predicted octanol–water partition coefficient (Wildman–Crippen LogP) is -0.481. The molecule has 0 aliphatic carbocycles. The Morgan fingerprint density at radius 2 is 1.54 bits per heavy atom. The number of nitrogens with one attached hydrogen (secondary N) is 3. The molecule has 11 heteroatoms. The Kier molecular flexibility index (Phi) is 3.53. The molecule has 0 unspecified atom stereocenters. The molecule has 2 heterocycles. The fourth-order valence-electron chi connectivity index (χ4n) is 2.14. The summed E-state index contributed by atoms with van der Waals surface area (Å²) in [5.74, 6) is -5.16. The van der Waals surface area contributed by atoms with E-state index in [9.17, 15) is 28.4 Å². The fourth-order valence-corrected chi connectivity index (χ4v) is 2.31. The Balaban J connectivity index is 2.04. The molecule has 2 aliphatic heterocycles. The smallest absolute Gasteiger partial charge is 0.273 e. The van der Waals surface area contributed by atoms with Crippen molar-refractivity contribution in [2.24, 2.45) is 0 Å². The van der Waals surface area contributed by atoms with Crippen molar-refractivity contribution in [3.63, 3.8) is 0 Å². The standard InChI is InChI=1S/C13H6ClFN4O5/c14-5-3-4(1-2-6(5)15)19-12(23)8(11(22)18-19)7-9(20)16-13(24)17-10(7)21/h1-3H,(H,18,22)(H2,16,17,20,21,24). The minimum absolute atomic E-state index is 0.0167. The summed E-state index contributed by atoms with van der Waals surface area (Å²) in [4.78, 5) is 59.0. The molecule has 0 radical (unpaired) electrons. The van der Waals surface area contributed by atoms with E-state index in [1.807, 2.05) is 0 Å². The third kappa shape index (κ3) is 2.38. The largest absolute Gasteiger partial charge is 0.328 e. The lowest BCUT2D eigenvalue weighted by atomic mass is 10.0. The van der Waals surface area contributed by atoms with Crippen molar-refractivity contribution in [1.29, 1.82) is 0 Å². The number of rotatable bonds is 1. The van der Waals surface area contributed by atoms with Gasteiger partial charge >= 0.3 is 6.03 Å². The van der Waals surface area contributed by atoms with Gasteiger partial charge < -0.3 is 0 Å². The molecule has 9 nitrogen and oxygen atoms in total. The molecule has 3 rings (SSSR count). The predicted molar refractivity (Wildman–Crippen MR) is 75.7 cm³/mol. The van der Waals surface area contributed by atoms with Gasteiger partial charge in [0.05, 0.1) is 10.7 Å². The van der Waals surface area contributed by atoms with E-state index < -0.39 is 46.6 Å². The monoisotopic (exact) mass is 352 g/mol. The molecule has 0 bridgehead atoms. The van der Waals surface area contributed by atoms with E-state index in [2.05, 4.69) is 5.43 Å². The average Bonchev–Trinajstić information content (AvgIpc) is 2.77. The summed E-state index contributed by atoms with van der Waals surface area (Å²) in [7, 11) is 0. The van der Waals surface area contributed by atoms with Crippen LogP contribution in [-0.2, 0) is 19.2 Å². The third-order valence-electron chi connectivity index (χ3n) is 3.18. The van der Waals surface area contributed by atoms with Gasteiger partial charge in [-0.25, -0.2) is 14.2 Å². The molecule has 2 fully saturated rings. The van der Waals surface area contributed by atoms with Crippen LogP contribution in [0.15, 0.2) is 29.3 Å². The minimum atomic E-state index is -1.18. The van der Waals surface area contributed by atoms with Crippen LogP contribution < -0.4 is 21.1 Å². The van der Waals surface area contributed by atoms with Gasteiger partial charge in [-0.2, -0.15) is 0 Å². The minimum Gasteiger partial charge on any atom is -0.273 e. The summed E-state index contributed by atoms with van der Waals surface area (Å²) in [5, 5.41) is 3.92. The topological polar surface area (TPSA) is 125 Å². The number of hydrogen-bond donors (Lipinski definition) is 3. The molecule has 0 saturated carbocycles. The van der Waals surface area contributed by atoms with Gasteiger partial charge in [-0.15, -0.1) is 0 Å². The number of amides is 6. The number of urea groups is 1. The Labute approximate surface area is 137 Å². The number of halogens is 2. The molecule has 3 N–H and O–H groups in total. The Hall–Kier alpha value is -3.27. The van der Waals surface area contributed by atoms with E-state index in [-0.39, 0.29) is 10.7 Å². The van der Waals surface area contributed by atoms with Gasteiger partial charge in [0.2, 0.25) is 0 Å². The van der Waals surface area contributed by atoms with Gasteiger partial charge in [-0.3, -0.25) is 35.2 Å². The van der Waals surface area contributed by atoms with Gasteiger partial charge in [0.15, 0.2) is 0 Å². The maximum absolute atomic E-state index is 13.2. The first-order valence-electron chi connectivity index (χ1n) is 6.31. The van der Waals surface area contributed by atoms with Gasteiger partial charge in [0.25, 0.3) is 23.6 Å². The molecule has 6 amide bonds. The molecule has 122 valence electrons. The normalized spacial score (nSPS) is 17.9. The molecule has 0 spiro atoms. The van der Waals surface area contributed by atoms with E-state index in [1.54, 1.807) is 10.6 Å². The molecular weight excluding hydrogens is 347 g/mol. The highest BCUT2D eigenvalue weighted by Crippen LogP contribution is 2.26. The highest BCUT2D eigenvalue weighted by atomic mass is 35.5. The highest BCUT2D eigenvalue weighted by Gasteiger charge is 2.43. The number of hydrazine groups is 1. The van der Waals surface area contributed by atoms with Crippen LogP contribution in [0.2, 0.25) is 5.02 Å².